The van der Waals surface area contributed by atoms with Crippen molar-refractivity contribution in [2.75, 3.05) is 4.90 Å². The van der Waals surface area contributed by atoms with Crippen LogP contribution in [-0.2, 0) is 16.2 Å². The van der Waals surface area contributed by atoms with Crippen molar-refractivity contribution in [3.8, 4) is 33.4 Å². The number of rotatable bonds is 3. The molecular formula is C61H59N. The van der Waals surface area contributed by atoms with E-state index < -0.39 is 0 Å². The molecule has 8 bridgehead atoms. The summed E-state index contributed by atoms with van der Waals surface area (Å²) in [4.78, 5) is 2.81. The molecule has 0 aliphatic heterocycles. The van der Waals surface area contributed by atoms with Gasteiger partial charge in [0.2, 0.25) is 0 Å². The zero-order valence-corrected chi connectivity index (χ0v) is 36.7. The van der Waals surface area contributed by atoms with Crippen LogP contribution in [0.4, 0.5) is 17.1 Å². The summed E-state index contributed by atoms with van der Waals surface area (Å²) >= 11 is 0. The molecule has 0 amide bonds. The van der Waals surface area contributed by atoms with Crippen molar-refractivity contribution < 1.29 is 0 Å². The molecule has 10 atom stereocenters. The largest absolute Gasteiger partial charge is 0.310 e. The van der Waals surface area contributed by atoms with Crippen LogP contribution in [0.3, 0.4) is 0 Å². The first-order chi connectivity index (χ1) is 30.4. The highest BCUT2D eigenvalue weighted by atomic mass is 15.1. The summed E-state index contributed by atoms with van der Waals surface area (Å²) in [6.45, 7) is 4.92. The van der Waals surface area contributed by atoms with Gasteiger partial charge in [-0.25, -0.2) is 0 Å². The standard InChI is InChI=1S/C61H59N/c1-59(2)52-14-6-3-10-46(52)49-24-22-44(34-55(49)59)62(45-23-25-50-47-11-4-7-15-53(47)60(56(50)35-45)40-20-18-36-26-38(30-40)32-42(60)28-36)57-17-9-13-51-48-12-5-8-16-54(48)61(58(51)57)41-21-19-37-27-39(31-41)33-43(61)29-37/h3-17,22-25,34-43H,18-21,26-33H2,1-2H3. The van der Waals surface area contributed by atoms with Crippen LogP contribution in [0.25, 0.3) is 33.4 Å². The molecule has 0 N–H and O–H groups in total. The molecule has 2 spiro atoms. The Balaban J connectivity index is 1.00. The van der Waals surface area contributed by atoms with E-state index in [0.29, 0.717) is 11.8 Å². The summed E-state index contributed by atoms with van der Waals surface area (Å²) < 4.78 is 0. The molecule has 11 aliphatic carbocycles. The maximum Gasteiger partial charge on any atom is 0.0509 e. The lowest BCUT2D eigenvalue weighted by Gasteiger charge is -2.54. The summed E-state index contributed by atoms with van der Waals surface area (Å²) in [5, 5.41) is 0. The monoisotopic (exact) mass is 805 g/mol. The summed E-state index contributed by atoms with van der Waals surface area (Å²) in [6, 6.07) is 51.7. The van der Waals surface area contributed by atoms with Gasteiger partial charge in [0.15, 0.2) is 0 Å². The highest BCUT2D eigenvalue weighted by Crippen LogP contribution is 2.71. The predicted octanol–water partition coefficient (Wildman–Crippen LogP) is 15.7. The second kappa shape index (κ2) is 12.2. The molecule has 1 heteroatoms. The van der Waals surface area contributed by atoms with Crippen molar-refractivity contribution in [1.29, 1.82) is 0 Å². The first-order valence-electron chi connectivity index (χ1n) is 24.9. The Bertz CT molecular complexity index is 2880. The summed E-state index contributed by atoms with van der Waals surface area (Å²) in [6.07, 6.45) is 17.0. The zero-order chi connectivity index (χ0) is 40.7. The van der Waals surface area contributed by atoms with E-state index in [2.05, 4.69) is 146 Å². The molecule has 6 aromatic rings. The second-order valence-corrected chi connectivity index (χ2v) is 22.8. The Morgan fingerprint density at radius 2 is 0.839 bits per heavy atom. The minimum Gasteiger partial charge on any atom is -0.310 e. The van der Waals surface area contributed by atoms with Crippen molar-refractivity contribution in [3.05, 3.63) is 161 Å². The van der Waals surface area contributed by atoms with Crippen LogP contribution in [0.15, 0.2) is 127 Å². The Kier molecular flexibility index (Phi) is 7.01. The molecule has 308 valence electrons. The number of fused-ring (bicyclic) bond motifs is 11. The third kappa shape index (κ3) is 4.28. The van der Waals surface area contributed by atoms with Crippen LogP contribution in [0.2, 0.25) is 0 Å². The van der Waals surface area contributed by atoms with E-state index in [4.69, 9.17) is 0 Å². The minimum absolute atomic E-state index is 0.0478. The smallest absolute Gasteiger partial charge is 0.0509 e. The molecular weight excluding hydrogens is 747 g/mol. The van der Waals surface area contributed by atoms with E-state index in [9.17, 15) is 0 Å². The molecule has 0 radical (unpaired) electrons. The molecule has 0 heterocycles. The van der Waals surface area contributed by atoms with Crippen molar-refractivity contribution >= 4 is 17.1 Å². The van der Waals surface area contributed by atoms with Crippen LogP contribution in [0, 0.1) is 47.3 Å². The van der Waals surface area contributed by atoms with Crippen molar-refractivity contribution in [3.63, 3.8) is 0 Å². The van der Waals surface area contributed by atoms with E-state index >= 15 is 0 Å². The van der Waals surface area contributed by atoms with Gasteiger partial charge < -0.3 is 4.90 Å². The highest BCUT2D eigenvalue weighted by molar-refractivity contribution is 5.94. The SMILES string of the molecule is CC1(C)c2ccccc2-c2ccc(N(c3ccc4c(c3)C3(c5ccccc5-4)C4CCC5CC(C4)CC3C5)c3cccc4c3C3(c5ccccc5-4)C4CCC5CC(C4)CC3C5)cc21. The topological polar surface area (TPSA) is 3.24 Å². The van der Waals surface area contributed by atoms with Gasteiger partial charge >= 0.3 is 0 Å². The van der Waals surface area contributed by atoms with Gasteiger partial charge in [0.05, 0.1) is 5.69 Å². The maximum absolute atomic E-state index is 2.81. The molecule has 8 fully saturated rings. The van der Waals surface area contributed by atoms with Crippen LogP contribution >= 0.6 is 0 Å². The fraction of sp³-hybridized carbons (Fsp3) is 0.410. The van der Waals surface area contributed by atoms with Gasteiger partial charge in [0, 0.05) is 27.6 Å². The number of nitrogens with zero attached hydrogens (tertiary/aromatic N) is 1. The van der Waals surface area contributed by atoms with Crippen LogP contribution in [-0.4, -0.2) is 0 Å². The Hall–Kier alpha value is -4.88. The van der Waals surface area contributed by atoms with Gasteiger partial charge in [-0.1, -0.05) is 124 Å². The van der Waals surface area contributed by atoms with Crippen molar-refractivity contribution in [2.24, 2.45) is 47.3 Å². The van der Waals surface area contributed by atoms with Gasteiger partial charge in [-0.3, -0.25) is 0 Å². The molecule has 0 aromatic heterocycles. The van der Waals surface area contributed by atoms with Gasteiger partial charge in [-0.2, -0.15) is 0 Å². The molecule has 8 saturated carbocycles. The molecule has 11 aliphatic rings. The molecule has 6 aromatic carbocycles. The fourth-order valence-electron chi connectivity index (χ4n) is 18.2. The average Bonchev–Trinajstić information content (AvgIpc) is 3.67. The van der Waals surface area contributed by atoms with Crippen LogP contribution in [0.5, 0.6) is 0 Å². The number of hydrogen-bond acceptors (Lipinski definition) is 1. The van der Waals surface area contributed by atoms with E-state index in [1.807, 2.05) is 0 Å². The lowest BCUT2D eigenvalue weighted by molar-refractivity contribution is 0.0617. The molecule has 17 rings (SSSR count). The van der Waals surface area contributed by atoms with Crippen LogP contribution in [0.1, 0.15) is 124 Å². The van der Waals surface area contributed by atoms with Gasteiger partial charge in [0.25, 0.3) is 0 Å². The van der Waals surface area contributed by atoms with E-state index in [1.54, 1.807) is 22.3 Å². The molecule has 1 nitrogen and oxygen atoms in total. The zero-order valence-electron chi connectivity index (χ0n) is 36.7. The first-order valence-corrected chi connectivity index (χ1v) is 24.9. The minimum atomic E-state index is -0.0781. The lowest BCUT2D eigenvalue weighted by Crippen LogP contribution is -2.48. The summed E-state index contributed by atoms with van der Waals surface area (Å²) in [5.41, 5.74) is 22.6. The number of hydrogen-bond donors (Lipinski definition) is 0. The summed E-state index contributed by atoms with van der Waals surface area (Å²) in [7, 11) is 0. The van der Waals surface area contributed by atoms with E-state index in [-0.39, 0.29) is 16.2 Å². The Labute approximate surface area is 369 Å². The van der Waals surface area contributed by atoms with Crippen molar-refractivity contribution in [1.82, 2.24) is 0 Å². The second-order valence-electron chi connectivity index (χ2n) is 22.8. The molecule has 0 saturated heterocycles. The van der Waals surface area contributed by atoms with Crippen molar-refractivity contribution in [2.45, 2.75) is 107 Å². The van der Waals surface area contributed by atoms with E-state index in [0.717, 1.165) is 35.5 Å². The number of anilines is 3. The molecule has 10 unspecified atom stereocenters. The average molecular weight is 806 g/mol. The maximum atomic E-state index is 2.81. The molecule has 62 heavy (non-hydrogen) atoms. The van der Waals surface area contributed by atoms with E-state index in [1.165, 1.54) is 139 Å². The predicted molar refractivity (Wildman–Crippen MR) is 254 cm³/mol. The third-order valence-electron chi connectivity index (χ3n) is 20.0. The highest BCUT2D eigenvalue weighted by Gasteiger charge is 2.62. The Morgan fingerprint density at radius 3 is 1.52 bits per heavy atom. The summed E-state index contributed by atoms with van der Waals surface area (Å²) in [5.74, 6) is 6.45. The number of benzene rings is 6. The first kappa shape index (κ1) is 35.6. The quantitative estimate of drug-likeness (QED) is 0.172. The van der Waals surface area contributed by atoms with Gasteiger partial charge in [-0.05, 0) is 209 Å². The third-order valence-corrected chi connectivity index (χ3v) is 20.0. The normalized spacial score (nSPS) is 33.8. The fourth-order valence-corrected chi connectivity index (χ4v) is 18.2. The Morgan fingerprint density at radius 1 is 0.371 bits per heavy atom. The lowest BCUT2D eigenvalue weighted by atomic mass is 9.50. The van der Waals surface area contributed by atoms with Gasteiger partial charge in [0.1, 0.15) is 0 Å². The van der Waals surface area contributed by atoms with Crippen LogP contribution < -0.4 is 4.90 Å². The van der Waals surface area contributed by atoms with Gasteiger partial charge in [-0.15, -0.1) is 0 Å².